The molecule has 16 heavy (non-hydrogen) atoms. The zero-order valence-electron chi connectivity index (χ0n) is 9.14. The number of hydrogen-bond donors (Lipinski definition) is 0. The van der Waals surface area contributed by atoms with Gasteiger partial charge in [0, 0.05) is 31.6 Å². The number of rotatable bonds is 2. The molecule has 0 atom stereocenters. The van der Waals surface area contributed by atoms with E-state index in [-0.39, 0.29) is 5.38 Å². The summed E-state index contributed by atoms with van der Waals surface area (Å²) in [7, 11) is -3.28. The number of alkyl halides is 1. The van der Waals surface area contributed by atoms with Crippen LogP contribution in [0, 0.1) is 0 Å². The third-order valence-electron chi connectivity index (χ3n) is 3.01. The Labute approximate surface area is 101 Å². The van der Waals surface area contributed by atoms with Gasteiger partial charge in [0.2, 0.25) is 0 Å². The van der Waals surface area contributed by atoms with Crippen molar-refractivity contribution in [3.8, 4) is 0 Å². The van der Waals surface area contributed by atoms with Crippen molar-refractivity contribution in [1.82, 2.24) is 8.61 Å². The largest absolute Gasteiger partial charge is 0.379 e. The molecular weight excluding hydrogens is 252 g/mol. The van der Waals surface area contributed by atoms with Crippen molar-refractivity contribution in [2.75, 3.05) is 39.4 Å². The summed E-state index contributed by atoms with van der Waals surface area (Å²) in [4.78, 5) is 0. The first kappa shape index (κ1) is 12.6. The van der Waals surface area contributed by atoms with Crippen LogP contribution in [0.5, 0.6) is 0 Å². The fourth-order valence-corrected chi connectivity index (χ4v) is 3.80. The first-order valence-electron chi connectivity index (χ1n) is 5.58. The second kappa shape index (κ2) is 5.18. The van der Waals surface area contributed by atoms with E-state index in [0.717, 1.165) is 12.8 Å². The fourth-order valence-electron chi connectivity index (χ4n) is 2.00. The van der Waals surface area contributed by atoms with E-state index in [1.54, 1.807) is 0 Å². The van der Waals surface area contributed by atoms with Crippen molar-refractivity contribution in [2.45, 2.75) is 18.2 Å². The molecule has 0 spiro atoms. The second-order valence-electron chi connectivity index (χ2n) is 4.09. The topological polar surface area (TPSA) is 49.9 Å². The molecule has 2 saturated heterocycles. The molecule has 2 aliphatic heterocycles. The lowest BCUT2D eigenvalue weighted by atomic mass is 10.2. The van der Waals surface area contributed by atoms with E-state index < -0.39 is 10.2 Å². The number of halogens is 1. The number of nitrogens with zero attached hydrogens (tertiary/aromatic N) is 2. The van der Waals surface area contributed by atoms with Crippen LogP contribution in [0.4, 0.5) is 0 Å². The molecule has 0 bridgehead atoms. The maximum absolute atomic E-state index is 12.2. The van der Waals surface area contributed by atoms with Crippen LogP contribution in [0.25, 0.3) is 0 Å². The van der Waals surface area contributed by atoms with Gasteiger partial charge in [-0.2, -0.15) is 17.0 Å². The van der Waals surface area contributed by atoms with Gasteiger partial charge in [-0.1, -0.05) is 0 Å². The zero-order valence-corrected chi connectivity index (χ0v) is 10.7. The van der Waals surface area contributed by atoms with Gasteiger partial charge in [-0.3, -0.25) is 0 Å². The highest BCUT2D eigenvalue weighted by molar-refractivity contribution is 7.86. The predicted octanol–water partition coefficient (Wildman–Crippen LogP) is 0.267. The first-order chi connectivity index (χ1) is 7.60. The molecule has 94 valence electrons. The minimum atomic E-state index is -3.28. The Balaban J connectivity index is 2.00. The normalized spacial score (nSPS) is 27.1. The molecule has 0 amide bonds. The molecule has 0 unspecified atom stereocenters. The first-order valence-corrected chi connectivity index (χ1v) is 7.41. The highest BCUT2D eigenvalue weighted by atomic mass is 35.5. The molecule has 0 radical (unpaired) electrons. The summed E-state index contributed by atoms with van der Waals surface area (Å²) in [6.07, 6.45) is 1.48. The third-order valence-corrected chi connectivity index (χ3v) is 5.48. The van der Waals surface area contributed by atoms with E-state index >= 15 is 0 Å². The summed E-state index contributed by atoms with van der Waals surface area (Å²) in [6.45, 7) is 2.98. The van der Waals surface area contributed by atoms with E-state index in [0.29, 0.717) is 39.4 Å². The maximum Gasteiger partial charge on any atom is 0.282 e. The molecule has 0 aromatic rings. The Morgan fingerprint density at radius 2 is 1.50 bits per heavy atom. The fraction of sp³-hybridized carbons (Fsp3) is 1.00. The van der Waals surface area contributed by atoms with Crippen molar-refractivity contribution < 1.29 is 13.2 Å². The summed E-state index contributed by atoms with van der Waals surface area (Å²) in [5, 5.41) is 0.121. The van der Waals surface area contributed by atoms with Crippen LogP contribution in [0.3, 0.4) is 0 Å². The van der Waals surface area contributed by atoms with Crippen LogP contribution in [0.1, 0.15) is 12.8 Å². The molecule has 2 aliphatic rings. The Morgan fingerprint density at radius 1 is 1.00 bits per heavy atom. The lowest BCUT2D eigenvalue weighted by molar-refractivity contribution is 0.0698. The van der Waals surface area contributed by atoms with Crippen LogP contribution < -0.4 is 0 Å². The minimum Gasteiger partial charge on any atom is -0.379 e. The Hall–Kier alpha value is 0.120. The molecule has 0 aromatic heterocycles. The summed E-state index contributed by atoms with van der Waals surface area (Å²) in [6, 6.07) is 0. The lowest BCUT2D eigenvalue weighted by Gasteiger charge is -2.34. The summed E-state index contributed by atoms with van der Waals surface area (Å²) < 4.78 is 32.6. The van der Waals surface area contributed by atoms with Gasteiger partial charge >= 0.3 is 0 Å². The molecule has 2 fully saturated rings. The van der Waals surface area contributed by atoms with Gasteiger partial charge in [-0.25, -0.2) is 0 Å². The predicted molar refractivity (Wildman–Crippen MR) is 61.8 cm³/mol. The van der Waals surface area contributed by atoms with E-state index in [4.69, 9.17) is 16.3 Å². The molecule has 0 saturated carbocycles. The monoisotopic (exact) mass is 268 g/mol. The van der Waals surface area contributed by atoms with Crippen molar-refractivity contribution in [1.29, 1.82) is 0 Å². The standard InChI is InChI=1S/C9H17ClN2O3S/c10-9-1-3-11(4-2-9)16(13,14)12-5-7-15-8-6-12/h9H,1-8H2. The summed E-state index contributed by atoms with van der Waals surface area (Å²) in [5.74, 6) is 0. The van der Waals surface area contributed by atoms with Crippen LogP contribution in [0.15, 0.2) is 0 Å². The Bertz CT molecular complexity index is 322. The highest BCUT2D eigenvalue weighted by Crippen LogP contribution is 2.20. The van der Waals surface area contributed by atoms with Gasteiger partial charge in [0.25, 0.3) is 10.2 Å². The van der Waals surface area contributed by atoms with Crippen LogP contribution in [-0.4, -0.2) is 61.8 Å². The van der Waals surface area contributed by atoms with Gasteiger partial charge in [-0.15, -0.1) is 11.6 Å². The SMILES string of the molecule is O=S(=O)(N1CCOCC1)N1CCC(Cl)CC1. The number of hydrogen-bond acceptors (Lipinski definition) is 3. The van der Waals surface area contributed by atoms with Crippen LogP contribution in [-0.2, 0) is 14.9 Å². The van der Waals surface area contributed by atoms with Gasteiger partial charge in [0.15, 0.2) is 0 Å². The quantitative estimate of drug-likeness (QED) is 0.676. The van der Waals surface area contributed by atoms with Gasteiger partial charge in [-0.05, 0) is 12.8 Å². The molecule has 7 heteroatoms. The highest BCUT2D eigenvalue weighted by Gasteiger charge is 2.33. The number of ether oxygens (including phenoxy) is 1. The van der Waals surface area contributed by atoms with Crippen molar-refractivity contribution in [2.24, 2.45) is 0 Å². The molecular formula is C9H17ClN2O3S. The third kappa shape index (κ3) is 2.68. The molecule has 2 rings (SSSR count). The van der Waals surface area contributed by atoms with E-state index in [2.05, 4.69) is 0 Å². The van der Waals surface area contributed by atoms with Crippen molar-refractivity contribution >= 4 is 21.8 Å². The summed E-state index contributed by atoms with van der Waals surface area (Å²) >= 11 is 5.96. The molecule has 0 N–H and O–H groups in total. The van der Waals surface area contributed by atoms with E-state index in [1.165, 1.54) is 8.61 Å². The average Bonchev–Trinajstić information content (AvgIpc) is 2.31. The smallest absolute Gasteiger partial charge is 0.282 e. The second-order valence-corrected chi connectivity index (χ2v) is 6.64. The van der Waals surface area contributed by atoms with Crippen molar-refractivity contribution in [3.05, 3.63) is 0 Å². The number of piperidine rings is 1. The minimum absolute atomic E-state index is 0.121. The zero-order chi connectivity index (χ0) is 11.6. The molecule has 0 aliphatic carbocycles. The van der Waals surface area contributed by atoms with E-state index in [1.807, 2.05) is 0 Å². The van der Waals surface area contributed by atoms with E-state index in [9.17, 15) is 8.42 Å². The molecule has 0 aromatic carbocycles. The van der Waals surface area contributed by atoms with Gasteiger partial charge in [0.1, 0.15) is 0 Å². The van der Waals surface area contributed by atoms with Crippen LogP contribution in [0.2, 0.25) is 0 Å². The maximum atomic E-state index is 12.2. The van der Waals surface area contributed by atoms with Gasteiger partial charge in [0.05, 0.1) is 13.2 Å². The van der Waals surface area contributed by atoms with Crippen molar-refractivity contribution in [3.63, 3.8) is 0 Å². The lowest BCUT2D eigenvalue weighted by Crippen LogP contribution is -2.50. The van der Waals surface area contributed by atoms with Gasteiger partial charge < -0.3 is 4.74 Å². The Morgan fingerprint density at radius 3 is 2.06 bits per heavy atom. The molecule has 5 nitrogen and oxygen atoms in total. The summed E-state index contributed by atoms with van der Waals surface area (Å²) in [5.41, 5.74) is 0. The van der Waals surface area contributed by atoms with Crippen LogP contribution >= 0.6 is 11.6 Å². The Kier molecular flexibility index (Phi) is 4.07. The number of morpholine rings is 1. The average molecular weight is 269 g/mol. The molecule has 2 heterocycles.